The molecule has 5 heteroatoms. The fourth-order valence-corrected chi connectivity index (χ4v) is 0.741. The fraction of sp³-hybridized carbons (Fsp3) is 0.750. The van der Waals surface area contributed by atoms with Gasteiger partial charge in [-0.05, 0) is 6.42 Å². The number of nitrogens with one attached hydrogen (secondary N) is 2. The molecule has 0 fully saturated rings. The highest BCUT2D eigenvalue weighted by Crippen LogP contribution is 1.84. The molecule has 5 nitrogen and oxygen atoms in total. The summed E-state index contributed by atoms with van der Waals surface area (Å²) in [4.78, 5) is 21.5. The second-order valence-corrected chi connectivity index (χ2v) is 2.79. The zero-order valence-corrected chi connectivity index (χ0v) is 8.09. The number of nitrogens with two attached hydrogens (primary N) is 1. The average molecular weight is 187 g/mol. The molecule has 76 valence electrons. The molecule has 0 unspecified atom stereocenters. The second kappa shape index (κ2) is 6.42. The van der Waals surface area contributed by atoms with E-state index in [2.05, 4.69) is 10.6 Å². The second-order valence-electron chi connectivity index (χ2n) is 2.79. The number of rotatable bonds is 5. The first-order chi connectivity index (χ1) is 6.07. The van der Waals surface area contributed by atoms with Gasteiger partial charge in [0.1, 0.15) is 0 Å². The summed E-state index contributed by atoms with van der Waals surface area (Å²) in [7, 11) is 0. The lowest BCUT2D eigenvalue weighted by Crippen LogP contribution is -2.42. The summed E-state index contributed by atoms with van der Waals surface area (Å²) in [6, 6.07) is -0.447. The van der Waals surface area contributed by atoms with E-state index in [0.717, 1.165) is 0 Å². The molecule has 0 spiro atoms. The third kappa shape index (κ3) is 6.10. The molecule has 1 atom stereocenters. The van der Waals surface area contributed by atoms with Crippen LogP contribution in [0.3, 0.4) is 0 Å². The van der Waals surface area contributed by atoms with Crippen LogP contribution in [-0.2, 0) is 9.59 Å². The Labute approximate surface area is 78.1 Å². The maximum Gasteiger partial charge on any atom is 0.236 e. The third-order valence-electron chi connectivity index (χ3n) is 1.57. The van der Waals surface area contributed by atoms with Crippen LogP contribution in [0.2, 0.25) is 0 Å². The minimum atomic E-state index is -0.447. The van der Waals surface area contributed by atoms with Crippen LogP contribution in [0.15, 0.2) is 0 Å². The summed E-state index contributed by atoms with van der Waals surface area (Å²) in [5.74, 6) is -0.276. The number of hydrogen-bond acceptors (Lipinski definition) is 3. The standard InChI is InChI=1S/C8H17N3O2/c1-3-7(9)8(13)11-5-4-10-6(2)12/h7H,3-5,9H2,1-2H3,(H,10,12)(H,11,13)/t7-/m0/s1. The minimum absolute atomic E-state index is 0.103. The van der Waals surface area contributed by atoms with E-state index in [-0.39, 0.29) is 11.8 Å². The van der Waals surface area contributed by atoms with E-state index in [4.69, 9.17) is 5.73 Å². The van der Waals surface area contributed by atoms with E-state index in [1.54, 1.807) is 0 Å². The quantitative estimate of drug-likeness (QED) is 0.481. The van der Waals surface area contributed by atoms with E-state index >= 15 is 0 Å². The zero-order valence-electron chi connectivity index (χ0n) is 8.09. The Morgan fingerprint density at radius 2 is 1.85 bits per heavy atom. The van der Waals surface area contributed by atoms with Crippen molar-refractivity contribution in [3.63, 3.8) is 0 Å². The van der Waals surface area contributed by atoms with Crippen LogP contribution in [0, 0.1) is 0 Å². The molecule has 0 radical (unpaired) electrons. The molecule has 0 heterocycles. The van der Waals surface area contributed by atoms with Gasteiger partial charge in [-0.15, -0.1) is 0 Å². The molecule has 0 aliphatic rings. The van der Waals surface area contributed by atoms with E-state index in [9.17, 15) is 9.59 Å². The maximum absolute atomic E-state index is 11.1. The lowest BCUT2D eigenvalue weighted by atomic mass is 10.2. The molecular weight excluding hydrogens is 170 g/mol. The Morgan fingerprint density at radius 3 is 2.31 bits per heavy atom. The Hall–Kier alpha value is -1.10. The van der Waals surface area contributed by atoms with Crippen LogP contribution in [0.4, 0.5) is 0 Å². The highest BCUT2D eigenvalue weighted by Gasteiger charge is 2.08. The van der Waals surface area contributed by atoms with E-state index in [0.29, 0.717) is 19.5 Å². The average Bonchev–Trinajstić information content (AvgIpc) is 2.10. The molecule has 13 heavy (non-hydrogen) atoms. The Balaban J connectivity index is 3.42. The molecule has 0 aromatic carbocycles. The van der Waals surface area contributed by atoms with Gasteiger partial charge in [-0.3, -0.25) is 9.59 Å². The van der Waals surface area contributed by atoms with Gasteiger partial charge in [0.25, 0.3) is 0 Å². The first-order valence-corrected chi connectivity index (χ1v) is 4.35. The molecule has 0 saturated carbocycles. The first kappa shape index (κ1) is 11.9. The van der Waals surface area contributed by atoms with Gasteiger partial charge in [0.15, 0.2) is 0 Å². The molecule has 0 aromatic rings. The van der Waals surface area contributed by atoms with Gasteiger partial charge in [-0.25, -0.2) is 0 Å². The van der Waals surface area contributed by atoms with Gasteiger partial charge < -0.3 is 16.4 Å². The van der Waals surface area contributed by atoms with Crippen molar-refractivity contribution in [3.8, 4) is 0 Å². The Bertz CT molecular complexity index is 182. The van der Waals surface area contributed by atoms with Crippen LogP contribution >= 0.6 is 0 Å². The summed E-state index contributed by atoms with van der Waals surface area (Å²) in [6.45, 7) is 4.14. The maximum atomic E-state index is 11.1. The number of hydrogen-bond donors (Lipinski definition) is 3. The summed E-state index contributed by atoms with van der Waals surface area (Å²) < 4.78 is 0. The molecule has 0 bridgehead atoms. The lowest BCUT2D eigenvalue weighted by molar-refractivity contribution is -0.123. The van der Waals surface area contributed by atoms with Crippen molar-refractivity contribution in [3.05, 3.63) is 0 Å². The van der Waals surface area contributed by atoms with Crippen LogP contribution < -0.4 is 16.4 Å². The van der Waals surface area contributed by atoms with Crippen molar-refractivity contribution >= 4 is 11.8 Å². The monoisotopic (exact) mass is 187 g/mol. The van der Waals surface area contributed by atoms with Gasteiger partial charge in [0.2, 0.25) is 11.8 Å². The fourth-order valence-electron chi connectivity index (χ4n) is 0.741. The first-order valence-electron chi connectivity index (χ1n) is 4.35. The molecular formula is C8H17N3O2. The molecule has 0 rings (SSSR count). The van der Waals surface area contributed by atoms with Crippen LogP contribution in [0.5, 0.6) is 0 Å². The smallest absolute Gasteiger partial charge is 0.236 e. The molecule has 0 aliphatic carbocycles. The van der Waals surface area contributed by atoms with E-state index in [1.165, 1.54) is 6.92 Å². The van der Waals surface area contributed by atoms with Crippen molar-refractivity contribution in [1.29, 1.82) is 0 Å². The summed E-state index contributed by atoms with van der Waals surface area (Å²) in [5.41, 5.74) is 5.46. The van der Waals surface area contributed by atoms with Crippen LogP contribution in [-0.4, -0.2) is 30.9 Å². The third-order valence-corrected chi connectivity index (χ3v) is 1.57. The molecule has 0 saturated heterocycles. The minimum Gasteiger partial charge on any atom is -0.355 e. The zero-order chi connectivity index (χ0) is 10.3. The summed E-state index contributed by atoms with van der Waals surface area (Å²) >= 11 is 0. The van der Waals surface area contributed by atoms with Gasteiger partial charge in [-0.1, -0.05) is 6.92 Å². The molecule has 0 aliphatic heterocycles. The summed E-state index contributed by atoms with van der Waals surface area (Å²) in [5, 5.41) is 5.17. The number of carbonyl (C=O) groups is 2. The van der Waals surface area contributed by atoms with E-state index in [1.807, 2.05) is 6.92 Å². The van der Waals surface area contributed by atoms with Gasteiger partial charge in [0, 0.05) is 20.0 Å². The van der Waals surface area contributed by atoms with Crippen LogP contribution in [0.25, 0.3) is 0 Å². The highest BCUT2D eigenvalue weighted by molar-refractivity contribution is 5.81. The van der Waals surface area contributed by atoms with Crippen molar-refractivity contribution in [2.24, 2.45) is 5.73 Å². The lowest BCUT2D eigenvalue weighted by Gasteiger charge is -2.09. The van der Waals surface area contributed by atoms with Gasteiger partial charge in [0.05, 0.1) is 6.04 Å². The van der Waals surface area contributed by atoms with Crippen LogP contribution in [0.1, 0.15) is 20.3 Å². The largest absolute Gasteiger partial charge is 0.355 e. The normalized spacial score (nSPS) is 11.9. The Morgan fingerprint density at radius 1 is 1.31 bits per heavy atom. The molecule has 0 aromatic heterocycles. The van der Waals surface area contributed by atoms with E-state index < -0.39 is 6.04 Å². The predicted octanol–water partition coefficient (Wildman–Crippen LogP) is -1.02. The number of amides is 2. The van der Waals surface area contributed by atoms with Gasteiger partial charge in [-0.2, -0.15) is 0 Å². The summed E-state index contributed by atoms with van der Waals surface area (Å²) in [6.07, 6.45) is 0.617. The highest BCUT2D eigenvalue weighted by atomic mass is 16.2. The molecule has 4 N–H and O–H groups in total. The predicted molar refractivity (Wildman–Crippen MR) is 50.0 cm³/mol. The van der Waals surface area contributed by atoms with Crippen molar-refractivity contribution in [2.75, 3.05) is 13.1 Å². The topological polar surface area (TPSA) is 84.2 Å². The molecule has 2 amide bonds. The van der Waals surface area contributed by atoms with Crippen molar-refractivity contribution in [1.82, 2.24) is 10.6 Å². The SMILES string of the molecule is CC[C@H](N)C(=O)NCCNC(C)=O. The van der Waals surface area contributed by atoms with Crippen molar-refractivity contribution < 1.29 is 9.59 Å². The van der Waals surface area contributed by atoms with Gasteiger partial charge >= 0.3 is 0 Å². The van der Waals surface area contributed by atoms with Crippen molar-refractivity contribution in [2.45, 2.75) is 26.3 Å². The number of carbonyl (C=O) groups excluding carboxylic acids is 2. The Kier molecular flexibility index (Phi) is 5.88.